The Morgan fingerprint density at radius 3 is 2.54 bits per heavy atom. The van der Waals surface area contributed by atoms with Gasteiger partial charge in [-0.15, -0.1) is 0 Å². The van der Waals surface area contributed by atoms with E-state index in [1.54, 1.807) is 31.4 Å². The van der Waals surface area contributed by atoms with Gasteiger partial charge in [0, 0.05) is 44.0 Å². The normalized spacial score (nSPS) is 14.0. The molecule has 0 bridgehead atoms. The van der Waals surface area contributed by atoms with Gasteiger partial charge >= 0.3 is 0 Å². The summed E-state index contributed by atoms with van der Waals surface area (Å²) in [6, 6.07) is 17.2. The Bertz CT molecular complexity index is 863. The molecule has 1 aliphatic heterocycles. The summed E-state index contributed by atoms with van der Waals surface area (Å²) in [5.41, 5.74) is 2.02. The van der Waals surface area contributed by atoms with Gasteiger partial charge in [-0.3, -0.25) is 4.79 Å². The number of carbonyl (C=O) groups excluding carboxylic acids is 1. The van der Waals surface area contributed by atoms with E-state index in [-0.39, 0.29) is 12.5 Å². The van der Waals surface area contributed by atoms with Crippen LogP contribution < -0.4 is 14.4 Å². The van der Waals surface area contributed by atoms with Crippen molar-refractivity contribution in [3.8, 4) is 17.6 Å². The molecule has 0 aromatic heterocycles. The number of hydrogen-bond acceptors (Lipinski definition) is 5. The van der Waals surface area contributed by atoms with Crippen LogP contribution in [-0.2, 0) is 4.79 Å². The van der Waals surface area contributed by atoms with E-state index >= 15 is 0 Å². The summed E-state index contributed by atoms with van der Waals surface area (Å²) in [6.07, 6.45) is 3.40. The van der Waals surface area contributed by atoms with E-state index in [4.69, 9.17) is 14.7 Å². The molecule has 3 rings (SSSR count). The zero-order valence-corrected chi connectivity index (χ0v) is 15.9. The molecule has 0 unspecified atom stereocenters. The number of rotatable bonds is 6. The fourth-order valence-electron chi connectivity index (χ4n) is 3.06. The van der Waals surface area contributed by atoms with Crippen molar-refractivity contribution in [1.82, 2.24) is 4.90 Å². The van der Waals surface area contributed by atoms with Crippen molar-refractivity contribution < 1.29 is 14.3 Å². The topological polar surface area (TPSA) is 65.8 Å². The number of ether oxygens (including phenoxy) is 2. The highest BCUT2D eigenvalue weighted by Crippen LogP contribution is 2.22. The molecule has 0 radical (unpaired) electrons. The van der Waals surface area contributed by atoms with Crippen LogP contribution in [0.25, 0.3) is 6.08 Å². The molecule has 1 saturated heterocycles. The molecule has 2 aromatic carbocycles. The van der Waals surface area contributed by atoms with Crippen LogP contribution in [0.2, 0.25) is 0 Å². The summed E-state index contributed by atoms with van der Waals surface area (Å²) >= 11 is 0. The lowest BCUT2D eigenvalue weighted by atomic mass is 10.2. The number of hydrogen-bond donors (Lipinski definition) is 0. The lowest BCUT2D eigenvalue weighted by Gasteiger charge is -2.35. The molecule has 144 valence electrons. The van der Waals surface area contributed by atoms with Crippen molar-refractivity contribution in [2.45, 2.75) is 0 Å². The van der Waals surface area contributed by atoms with Crippen molar-refractivity contribution in [3.63, 3.8) is 0 Å². The van der Waals surface area contributed by atoms with Gasteiger partial charge in [0.25, 0.3) is 0 Å². The molecular formula is C22H23N3O3. The van der Waals surface area contributed by atoms with Gasteiger partial charge in [0.2, 0.25) is 5.91 Å². The summed E-state index contributed by atoms with van der Waals surface area (Å²) in [7, 11) is 1.66. The molecule has 28 heavy (non-hydrogen) atoms. The molecule has 6 heteroatoms. The Hall–Kier alpha value is -3.46. The zero-order chi connectivity index (χ0) is 19.8. The minimum Gasteiger partial charge on any atom is -0.497 e. The van der Waals surface area contributed by atoms with Gasteiger partial charge < -0.3 is 19.3 Å². The van der Waals surface area contributed by atoms with Crippen molar-refractivity contribution in [1.29, 1.82) is 5.26 Å². The maximum Gasteiger partial charge on any atom is 0.246 e. The van der Waals surface area contributed by atoms with E-state index in [0.717, 1.165) is 30.1 Å². The van der Waals surface area contributed by atoms with Crippen LogP contribution in [0.1, 0.15) is 5.56 Å². The van der Waals surface area contributed by atoms with Crippen molar-refractivity contribution in [2.75, 3.05) is 44.8 Å². The largest absolute Gasteiger partial charge is 0.497 e. The van der Waals surface area contributed by atoms with Gasteiger partial charge in [-0.1, -0.05) is 18.2 Å². The van der Waals surface area contributed by atoms with Crippen LogP contribution in [0, 0.1) is 11.3 Å². The third kappa shape index (κ3) is 5.04. The maximum absolute atomic E-state index is 12.5. The van der Waals surface area contributed by atoms with E-state index in [1.807, 2.05) is 41.3 Å². The number of benzene rings is 2. The van der Waals surface area contributed by atoms with Crippen LogP contribution in [0.5, 0.6) is 11.5 Å². The SMILES string of the molecule is COc1cccc(N2CCN(C(=O)/C=C/c3ccc(OCC#N)cc3)CC2)c1. The second kappa shape index (κ2) is 9.47. The van der Waals surface area contributed by atoms with Gasteiger partial charge in [0.1, 0.15) is 17.6 Å². The number of nitriles is 1. The highest BCUT2D eigenvalue weighted by Gasteiger charge is 2.20. The van der Waals surface area contributed by atoms with E-state index < -0.39 is 0 Å². The number of methoxy groups -OCH3 is 1. The first-order chi connectivity index (χ1) is 13.7. The predicted molar refractivity (Wildman–Crippen MR) is 108 cm³/mol. The predicted octanol–water partition coefficient (Wildman–Crippen LogP) is 2.96. The Kier molecular flexibility index (Phi) is 6.53. The van der Waals surface area contributed by atoms with Crippen LogP contribution >= 0.6 is 0 Å². The van der Waals surface area contributed by atoms with E-state index in [2.05, 4.69) is 11.0 Å². The summed E-state index contributed by atoms with van der Waals surface area (Å²) in [4.78, 5) is 16.6. The average Bonchev–Trinajstić information content (AvgIpc) is 2.77. The fraction of sp³-hybridized carbons (Fsp3) is 0.273. The Morgan fingerprint density at radius 1 is 1.11 bits per heavy atom. The quantitative estimate of drug-likeness (QED) is 0.724. The minimum atomic E-state index is 0.00935. The van der Waals surface area contributed by atoms with Crippen LogP contribution in [0.3, 0.4) is 0 Å². The molecule has 0 aliphatic carbocycles. The van der Waals surface area contributed by atoms with Gasteiger partial charge in [-0.05, 0) is 35.9 Å². The smallest absolute Gasteiger partial charge is 0.246 e. The first kappa shape index (κ1) is 19.3. The summed E-state index contributed by atoms with van der Waals surface area (Å²) in [5, 5.41) is 8.52. The van der Waals surface area contributed by atoms with E-state index in [1.165, 1.54) is 0 Å². The molecule has 0 saturated carbocycles. The molecule has 1 amide bonds. The highest BCUT2D eigenvalue weighted by molar-refractivity contribution is 5.92. The molecule has 2 aromatic rings. The molecule has 6 nitrogen and oxygen atoms in total. The highest BCUT2D eigenvalue weighted by atomic mass is 16.5. The molecule has 1 aliphatic rings. The molecular weight excluding hydrogens is 354 g/mol. The Morgan fingerprint density at radius 2 is 1.86 bits per heavy atom. The van der Waals surface area contributed by atoms with Crippen molar-refractivity contribution >= 4 is 17.7 Å². The van der Waals surface area contributed by atoms with Crippen molar-refractivity contribution in [2.24, 2.45) is 0 Å². The summed E-state index contributed by atoms with van der Waals surface area (Å²) < 4.78 is 10.5. The van der Waals surface area contributed by atoms with Gasteiger partial charge in [0.15, 0.2) is 6.61 Å². The number of nitrogens with zero attached hydrogens (tertiary/aromatic N) is 3. The minimum absolute atomic E-state index is 0.00935. The average molecular weight is 377 g/mol. The Balaban J connectivity index is 1.52. The first-order valence-electron chi connectivity index (χ1n) is 9.15. The monoisotopic (exact) mass is 377 g/mol. The molecule has 0 N–H and O–H groups in total. The van der Waals surface area contributed by atoms with Gasteiger partial charge in [-0.2, -0.15) is 5.26 Å². The van der Waals surface area contributed by atoms with Crippen molar-refractivity contribution in [3.05, 3.63) is 60.2 Å². The summed E-state index contributed by atoms with van der Waals surface area (Å²) in [5.74, 6) is 1.48. The van der Waals surface area contributed by atoms with Crippen LogP contribution in [0.15, 0.2) is 54.6 Å². The van der Waals surface area contributed by atoms with Gasteiger partial charge in [-0.25, -0.2) is 0 Å². The van der Waals surface area contributed by atoms with E-state index in [0.29, 0.717) is 18.8 Å². The zero-order valence-electron chi connectivity index (χ0n) is 15.9. The molecule has 1 fully saturated rings. The lowest BCUT2D eigenvalue weighted by Crippen LogP contribution is -2.48. The molecule has 1 heterocycles. The molecule has 0 spiro atoms. The third-order valence-corrected chi connectivity index (χ3v) is 4.61. The number of carbonyl (C=O) groups is 1. The van der Waals surface area contributed by atoms with E-state index in [9.17, 15) is 4.79 Å². The standard InChI is InChI=1S/C22H23N3O3/c1-27-21-4-2-3-19(17-21)24-12-14-25(15-13-24)22(26)10-7-18-5-8-20(9-6-18)28-16-11-23/h2-10,17H,12-16H2,1H3/b10-7+. The lowest BCUT2D eigenvalue weighted by molar-refractivity contribution is -0.126. The second-order valence-electron chi connectivity index (χ2n) is 6.36. The molecule has 0 atom stereocenters. The maximum atomic E-state index is 12.5. The summed E-state index contributed by atoms with van der Waals surface area (Å²) in [6.45, 7) is 2.97. The number of anilines is 1. The second-order valence-corrected chi connectivity index (χ2v) is 6.36. The van der Waals surface area contributed by atoms with Crippen LogP contribution in [-0.4, -0.2) is 50.7 Å². The van der Waals surface area contributed by atoms with Gasteiger partial charge in [0.05, 0.1) is 7.11 Å². The van der Waals surface area contributed by atoms with Crippen LogP contribution in [0.4, 0.5) is 5.69 Å². The fourth-order valence-corrected chi connectivity index (χ4v) is 3.06. The first-order valence-corrected chi connectivity index (χ1v) is 9.15. The number of piperazine rings is 1. The Labute approximate surface area is 165 Å². The number of amides is 1. The third-order valence-electron chi connectivity index (χ3n) is 4.61.